The van der Waals surface area contributed by atoms with Gasteiger partial charge in [-0.15, -0.1) is 0 Å². The Hall–Kier alpha value is -1.78. The van der Waals surface area contributed by atoms with E-state index in [1.54, 1.807) is 6.20 Å². The summed E-state index contributed by atoms with van der Waals surface area (Å²) in [5.74, 6) is -0.692. The van der Waals surface area contributed by atoms with Crippen LogP contribution in [0.3, 0.4) is 0 Å². The summed E-state index contributed by atoms with van der Waals surface area (Å²) in [7, 11) is 0. The van der Waals surface area contributed by atoms with Crippen LogP contribution in [0.2, 0.25) is 0 Å². The van der Waals surface area contributed by atoms with Crippen LogP contribution < -0.4 is 0 Å². The molecule has 1 aliphatic heterocycles. The SMILES string of the molecule is Fc1ccc(C2=CCC3(CC2)OCCO3)c2cccnc12. The van der Waals surface area contributed by atoms with Crippen molar-refractivity contribution < 1.29 is 13.9 Å². The molecule has 0 bridgehead atoms. The second-order valence-corrected chi connectivity index (χ2v) is 5.54. The number of halogens is 1. The van der Waals surface area contributed by atoms with Crippen LogP contribution in [-0.4, -0.2) is 24.0 Å². The van der Waals surface area contributed by atoms with Crippen molar-refractivity contribution in [3.8, 4) is 0 Å². The highest BCUT2D eigenvalue weighted by Crippen LogP contribution is 2.39. The molecule has 0 saturated carbocycles. The topological polar surface area (TPSA) is 31.4 Å². The fourth-order valence-electron chi connectivity index (χ4n) is 3.23. The zero-order valence-electron chi connectivity index (χ0n) is 11.6. The average Bonchev–Trinajstić information content (AvgIpc) is 2.98. The lowest BCUT2D eigenvalue weighted by Gasteiger charge is -2.31. The Morgan fingerprint density at radius 2 is 2.00 bits per heavy atom. The van der Waals surface area contributed by atoms with Gasteiger partial charge in [0.1, 0.15) is 11.3 Å². The zero-order chi connectivity index (χ0) is 14.3. The second-order valence-electron chi connectivity index (χ2n) is 5.54. The van der Waals surface area contributed by atoms with Gasteiger partial charge in [-0.25, -0.2) is 4.39 Å². The summed E-state index contributed by atoms with van der Waals surface area (Å²) in [6.45, 7) is 1.35. The number of hydrogen-bond acceptors (Lipinski definition) is 3. The molecule has 0 radical (unpaired) electrons. The Labute approximate surface area is 122 Å². The van der Waals surface area contributed by atoms with E-state index >= 15 is 0 Å². The van der Waals surface area contributed by atoms with E-state index in [4.69, 9.17) is 9.47 Å². The molecule has 2 aromatic rings. The van der Waals surface area contributed by atoms with Gasteiger partial charge in [0.05, 0.1) is 13.2 Å². The van der Waals surface area contributed by atoms with Crippen molar-refractivity contribution in [1.29, 1.82) is 0 Å². The number of allylic oxidation sites excluding steroid dienone is 1. The Bertz CT molecular complexity index is 720. The van der Waals surface area contributed by atoms with Crippen molar-refractivity contribution >= 4 is 16.5 Å². The van der Waals surface area contributed by atoms with Crippen molar-refractivity contribution in [1.82, 2.24) is 4.98 Å². The van der Waals surface area contributed by atoms with Gasteiger partial charge in [0, 0.05) is 24.4 Å². The van der Waals surface area contributed by atoms with E-state index in [9.17, 15) is 4.39 Å². The van der Waals surface area contributed by atoms with Crippen LogP contribution in [0.1, 0.15) is 24.8 Å². The molecule has 1 aromatic heterocycles. The van der Waals surface area contributed by atoms with E-state index < -0.39 is 5.79 Å². The first-order valence-corrected chi connectivity index (χ1v) is 7.28. The van der Waals surface area contributed by atoms with Crippen LogP contribution in [0.25, 0.3) is 16.5 Å². The number of fused-ring (bicyclic) bond motifs is 1. The van der Waals surface area contributed by atoms with Crippen LogP contribution in [0.5, 0.6) is 0 Å². The summed E-state index contributed by atoms with van der Waals surface area (Å²) in [6.07, 6.45) is 6.25. The van der Waals surface area contributed by atoms with Gasteiger partial charge in [-0.1, -0.05) is 18.2 Å². The maximum absolute atomic E-state index is 13.9. The van der Waals surface area contributed by atoms with Crippen molar-refractivity contribution in [3.05, 3.63) is 47.9 Å². The van der Waals surface area contributed by atoms with Crippen LogP contribution in [0.15, 0.2) is 36.5 Å². The van der Waals surface area contributed by atoms with Gasteiger partial charge in [0.25, 0.3) is 0 Å². The van der Waals surface area contributed by atoms with Crippen LogP contribution in [0, 0.1) is 5.82 Å². The summed E-state index contributed by atoms with van der Waals surface area (Å²) in [6, 6.07) is 7.12. The summed E-state index contributed by atoms with van der Waals surface area (Å²) < 4.78 is 25.3. The first kappa shape index (κ1) is 12.9. The first-order valence-electron chi connectivity index (χ1n) is 7.28. The molecule has 108 valence electrons. The number of ether oxygens (including phenoxy) is 2. The minimum atomic E-state index is -0.419. The van der Waals surface area contributed by atoms with Gasteiger partial charge in [-0.2, -0.15) is 0 Å². The van der Waals surface area contributed by atoms with E-state index in [0.29, 0.717) is 18.7 Å². The van der Waals surface area contributed by atoms with E-state index in [-0.39, 0.29) is 5.82 Å². The van der Waals surface area contributed by atoms with E-state index in [1.807, 2.05) is 18.2 Å². The molecule has 1 fully saturated rings. The molecule has 4 rings (SSSR count). The molecular weight excluding hydrogens is 269 g/mol. The number of hydrogen-bond donors (Lipinski definition) is 0. The molecule has 1 spiro atoms. The molecule has 0 N–H and O–H groups in total. The normalized spacial score (nSPS) is 20.9. The molecule has 2 heterocycles. The molecule has 1 aliphatic carbocycles. The van der Waals surface area contributed by atoms with Gasteiger partial charge >= 0.3 is 0 Å². The van der Waals surface area contributed by atoms with E-state index in [0.717, 1.165) is 30.2 Å². The van der Waals surface area contributed by atoms with Gasteiger partial charge in [0.15, 0.2) is 5.79 Å². The van der Waals surface area contributed by atoms with Gasteiger partial charge in [-0.3, -0.25) is 4.98 Å². The Morgan fingerprint density at radius 1 is 1.14 bits per heavy atom. The number of pyridine rings is 1. The van der Waals surface area contributed by atoms with Crippen molar-refractivity contribution in [3.63, 3.8) is 0 Å². The summed E-state index contributed by atoms with van der Waals surface area (Å²) >= 11 is 0. The third kappa shape index (κ3) is 2.15. The smallest absolute Gasteiger partial charge is 0.172 e. The quantitative estimate of drug-likeness (QED) is 0.801. The summed E-state index contributed by atoms with van der Waals surface area (Å²) in [4.78, 5) is 4.16. The lowest BCUT2D eigenvalue weighted by atomic mass is 9.88. The average molecular weight is 285 g/mol. The van der Waals surface area contributed by atoms with E-state index in [2.05, 4.69) is 11.1 Å². The molecule has 21 heavy (non-hydrogen) atoms. The molecule has 1 saturated heterocycles. The fourth-order valence-corrected chi connectivity index (χ4v) is 3.23. The van der Waals surface area contributed by atoms with Crippen molar-refractivity contribution in [2.24, 2.45) is 0 Å². The maximum atomic E-state index is 13.9. The standard InChI is InChI=1S/C17H16FNO2/c18-15-4-3-13(14-2-1-9-19-16(14)15)12-5-7-17(8-6-12)20-10-11-21-17/h1-5,9H,6-8,10-11H2. The molecule has 2 aliphatic rings. The first-order chi connectivity index (χ1) is 10.3. The molecule has 0 unspecified atom stereocenters. The lowest BCUT2D eigenvalue weighted by molar-refractivity contribution is -0.159. The van der Waals surface area contributed by atoms with Crippen LogP contribution >= 0.6 is 0 Å². The minimum Gasteiger partial charge on any atom is -0.347 e. The monoisotopic (exact) mass is 285 g/mol. The third-order valence-electron chi connectivity index (χ3n) is 4.31. The van der Waals surface area contributed by atoms with Gasteiger partial charge in [-0.05, 0) is 29.7 Å². The molecule has 1 aromatic carbocycles. The van der Waals surface area contributed by atoms with Gasteiger partial charge < -0.3 is 9.47 Å². The highest BCUT2D eigenvalue weighted by Gasteiger charge is 2.37. The Kier molecular flexibility index (Phi) is 3.01. The minimum absolute atomic E-state index is 0.273. The predicted molar refractivity (Wildman–Crippen MR) is 78.2 cm³/mol. The predicted octanol–water partition coefficient (Wildman–Crippen LogP) is 3.68. The van der Waals surface area contributed by atoms with Crippen LogP contribution in [0.4, 0.5) is 4.39 Å². The maximum Gasteiger partial charge on any atom is 0.172 e. The van der Waals surface area contributed by atoms with Crippen molar-refractivity contribution in [2.45, 2.75) is 25.0 Å². The zero-order valence-corrected chi connectivity index (χ0v) is 11.6. The number of aromatic nitrogens is 1. The Morgan fingerprint density at radius 3 is 2.76 bits per heavy atom. The van der Waals surface area contributed by atoms with Gasteiger partial charge in [0.2, 0.25) is 0 Å². The number of rotatable bonds is 1. The highest BCUT2D eigenvalue weighted by atomic mass is 19.1. The van der Waals surface area contributed by atoms with Crippen molar-refractivity contribution in [2.75, 3.05) is 13.2 Å². The third-order valence-corrected chi connectivity index (χ3v) is 4.31. The van der Waals surface area contributed by atoms with Crippen LogP contribution in [-0.2, 0) is 9.47 Å². The van der Waals surface area contributed by atoms with E-state index in [1.165, 1.54) is 11.6 Å². The lowest BCUT2D eigenvalue weighted by Crippen LogP contribution is -2.31. The molecule has 0 atom stereocenters. The molecule has 3 nitrogen and oxygen atoms in total. The molecular formula is C17H16FNO2. The summed E-state index contributed by atoms with van der Waals surface area (Å²) in [5, 5.41) is 0.868. The second kappa shape index (κ2) is 4.90. The Balaban J connectivity index is 1.74. The molecule has 0 amide bonds. The molecule has 4 heteroatoms. The number of benzene rings is 1. The largest absolute Gasteiger partial charge is 0.347 e. The summed E-state index contributed by atoms with van der Waals surface area (Å²) in [5.41, 5.74) is 2.72. The fraction of sp³-hybridized carbons (Fsp3) is 0.353. The number of nitrogens with zero attached hydrogens (tertiary/aromatic N) is 1. The highest BCUT2D eigenvalue weighted by molar-refractivity contribution is 5.92.